The van der Waals surface area contributed by atoms with E-state index in [-0.39, 0.29) is 5.13 Å². The van der Waals surface area contributed by atoms with Crippen molar-refractivity contribution >= 4 is 26.7 Å². The molecule has 0 aliphatic carbocycles. The fourth-order valence-corrected chi connectivity index (χ4v) is 2.49. The maximum atomic E-state index is 13.8. The zero-order valence-electron chi connectivity index (χ0n) is 9.27. The second-order valence-corrected chi connectivity index (χ2v) is 5.73. The highest BCUT2D eigenvalue weighted by Crippen LogP contribution is 2.36. The van der Waals surface area contributed by atoms with Crippen LogP contribution in [0.3, 0.4) is 0 Å². The van der Waals surface area contributed by atoms with Gasteiger partial charge in [0.1, 0.15) is 11.6 Å². The van der Waals surface area contributed by atoms with Crippen LogP contribution < -0.4 is 5.73 Å². The van der Waals surface area contributed by atoms with Crippen molar-refractivity contribution < 1.29 is 8.78 Å². The van der Waals surface area contributed by atoms with Gasteiger partial charge in [-0.1, -0.05) is 32.1 Å². The van der Waals surface area contributed by atoms with Gasteiger partial charge in [-0.05, 0) is 5.41 Å². The Bertz CT molecular complexity index is 555. The Kier molecular flexibility index (Phi) is 2.38. The molecule has 1 aromatic heterocycles. The first-order chi connectivity index (χ1) is 7.30. The highest BCUT2D eigenvalue weighted by Gasteiger charge is 2.25. The van der Waals surface area contributed by atoms with Gasteiger partial charge in [0.25, 0.3) is 0 Å². The summed E-state index contributed by atoms with van der Waals surface area (Å²) in [5, 5.41) is 0.255. The van der Waals surface area contributed by atoms with Crippen LogP contribution in [0.5, 0.6) is 0 Å². The van der Waals surface area contributed by atoms with E-state index in [9.17, 15) is 8.78 Å². The summed E-state index contributed by atoms with van der Waals surface area (Å²) in [4.78, 5) is 4.02. The number of rotatable bonds is 0. The molecule has 2 N–H and O–H groups in total. The Morgan fingerprint density at radius 2 is 1.88 bits per heavy atom. The molecule has 86 valence electrons. The van der Waals surface area contributed by atoms with Crippen molar-refractivity contribution in [3.63, 3.8) is 0 Å². The number of hydrogen-bond acceptors (Lipinski definition) is 3. The van der Waals surface area contributed by atoms with Gasteiger partial charge < -0.3 is 5.73 Å². The van der Waals surface area contributed by atoms with E-state index in [0.717, 1.165) is 17.4 Å². The van der Waals surface area contributed by atoms with E-state index < -0.39 is 17.0 Å². The van der Waals surface area contributed by atoms with Gasteiger partial charge in [-0.15, -0.1) is 0 Å². The Hall–Kier alpha value is -1.23. The molecule has 2 aromatic rings. The number of hydrogen-bond donors (Lipinski definition) is 1. The molecule has 1 aromatic carbocycles. The SMILES string of the molecule is CC(C)(C)c1c(F)cc(F)c2sc(N)nc12. The molecule has 0 amide bonds. The van der Waals surface area contributed by atoms with Crippen LogP contribution in [-0.4, -0.2) is 4.98 Å². The summed E-state index contributed by atoms with van der Waals surface area (Å²) in [6, 6.07) is 0.903. The van der Waals surface area contributed by atoms with Crippen molar-refractivity contribution in [3.8, 4) is 0 Å². The molecule has 0 fully saturated rings. The molecule has 2 nitrogen and oxygen atoms in total. The zero-order valence-corrected chi connectivity index (χ0v) is 10.1. The molecule has 0 saturated carbocycles. The first-order valence-corrected chi connectivity index (χ1v) is 5.67. The zero-order chi connectivity index (χ0) is 12.1. The van der Waals surface area contributed by atoms with Crippen LogP contribution in [0.4, 0.5) is 13.9 Å². The quantitative estimate of drug-likeness (QED) is 0.768. The summed E-state index contributed by atoms with van der Waals surface area (Å²) in [6.45, 7) is 5.58. The summed E-state index contributed by atoms with van der Waals surface area (Å²) >= 11 is 1.04. The molecule has 0 aliphatic rings. The van der Waals surface area contributed by atoms with Crippen LogP contribution in [0.1, 0.15) is 26.3 Å². The number of nitrogen functional groups attached to an aromatic ring is 1. The minimum Gasteiger partial charge on any atom is -0.375 e. The van der Waals surface area contributed by atoms with Crippen LogP contribution >= 0.6 is 11.3 Å². The van der Waals surface area contributed by atoms with Crippen molar-refractivity contribution in [2.24, 2.45) is 0 Å². The van der Waals surface area contributed by atoms with Gasteiger partial charge in [0, 0.05) is 11.6 Å². The molecule has 0 atom stereocenters. The van der Waals surface area contributed by atoms with Crippen LogP contribution in [0.2, 0.25) is 0 Å². The van der Waals surface area contributed by atoms with E-state index in [4.69, 9.17) is 5.73 Å². The predicted octanol–water partition coefficient (Wildman–Crippen LogP) is 3.45. The molecule has 0 spiro atoms. The van der Waals surface area contributed by atoms with E-state index in [0.29, 0.717) is 15.8 Å². The number of fused-ring (bicyclic) bond motifs is 1. The fourth-order valence-electron chi connectivity index (χ4n) is 1.74. The molecule has 0 unspecified atom stereocenters. The first kappa shape index (κ1) is 11.3. The van der Waals surface area contributed by atoms with Crippen LogP contribution in [0.25, 0.3) is 10.2 Å². The number of nitrogens with zero attached hydrogens (tertiary/aromatic N) is 1. The normalized spacial score (nSPS) is 12.3. The Morgan fingerprint density at radius 1 is 1.25 bits per heavy atom. The lowest BCUT2D eigenvalue weighted by atomic mass is 9.86. The molecule has 16 heavy (non-hydrogen) atoms. The maximum Gasteiger partial charge on any atom is 0.181 e. The van der Waals surface area contributed by atoms with Crippen molar-refractivity contribution in [1.29, 1.82) is 0 Å². The van der Waals surface area contributed by atoms with E-state index in [1.54, 1.807) is 0 Å². The van der Waals surface area contributed by atoms with Gasteiger partial charge in [0.05, 0.1) is 10.2 Å². The van der Waals surface area contributed by atoms with Crippen LogP contribution in [0, 0.1) is 11.6 Å². The molecule has 5 heteroatoms. The summed E-state index contributed by atoms with van der Waals surface area (Å²) < 4.78 is 27.6. The predicted molar refractivity (Wildman–Crippen MR) is 62.6 cm³/mol. The van der Waals surface area contributed by atoms with Gasteiger partial charge in [0.2, 0.25) is 0 Å². The van der Waals surface area contributed by atoms with Crippen molar-refractivity contribution in [2.75, 3.05) is 5.73 Å². The average Bonchev–Trinajstić information content (AvgIpc) is 2.43. The average molecular weight is 242 g/mol. The third kappa shape index (κ3) is 1.65. The smallest absolute Gasteiger partial charge is 0.181 e. The summed E-state index contributed by atoms with van der Waals surface area (Å²) in [5.74, 6) is -1.17. The van der Waals surface area contributed by atoms with Gasteiger partial charge in [-0.3, -0.25) is 0 Å². The van der Waals surface area contributed by atoms with Crippen LogP contribution in [-0.2, 0) is 5.41 Å². The molecule has 2 rings (SSSR count). The van der Waals surface area contributed by atoms with Gasteiger partial charge >= 0.3 is 0 Å². The topological polar surface area (TPSA) is 38.9 Å². The minimum atomic E-state index is -0.602. The van der Waals surface area contributed by atoms with Gasteiger partial charge in [0.15, 0.2) is 5.13 Å². The number of benzene rings is 1. The Balaban J connectivity index is 2.92. The molecular formula is C11H12F2N2S. The maximum absolute atomic E-state index is 13.8. The number of halogens is 2. The number of anilines is 1. The molecular weight excluding hydrogens is 230 g/mol. The Labute approximate surface area is 96.1 Å². The molecule has 0 bridgehead atoms. The first-order valence-electron chi connectivity index (χ1n) is 4.85. The Morgan fingerprint density at radius 3 is 2.44 bits per heavy atom. The minimum absolute atomic E-state index is 0.255. The van der Waals surface area contributed by atoms with Crippen LogP contribution in [0.15, 0.2) is 6.07 Å². The highest BCUT2D eigenvalue weighted by molar-refractivity contribution is 7.22. The van der Waals surface area contributed by atoms with Crippen molar-refractivity contribution in [3.05, 3.63) is 23.3 Å². The number of thiazole rings is 1. The standard InChI is InChI=1S/C11H12F2N2S/c1-11(2,3)7-5(12)4-6(13)9-8(7)15-10(14)16-9/h4H,1-3H3,(H2,14,15). The van der Waals surface area contributed by atoms with E-state index >= 15 is 0 Å². The lowest BCUT2D eigenvalue weighted by Gasteiger charge is -2.20. The van der Waals surface area contributed by atoms with Crippen molar-refractivity contribution in [2.45, 2.75) is 26.2 Å². The largest absolute Gasteiger partial charge is 0.375 e. The molecule has 1 heterocycles. The van der Waals surface area contributed by atoms with Gasteiger partial charge in [-0.25, -0.2) is 13.8 Å². The summed E-state index contributed by atoms with van der Waals surface area (Å²) in [5.41, 5.74) is 5.86. The van der Waals surface area contributed by atoms with Gasteiger partial charge in [-0.2, -0.15) is 0 Å². The summed E-state index contributed by atoms with van der Waals surface area (Å²) in [7, 11) is 0. The number of nitrogens with two attached hydrogens (primary N) is 1. The third-order valence-electron chi connectivity index (χ3n) is 2.34. The highest BCUT2D eigenvalue weighted by atomic mass is 32.1. The van der Waals surface area contributed by atoms with E-state index in [2.05, 4.69) is 4.98 Å². The fraction of sp³-hybridized carbons (Fsp3) is 0.364. The number of aromatic nitrogens is 1. The van der Waals surface area contributed by atoms with E-state index in [1.807, 2.05) is 20.8 Å². The second kappa shape index (κ2) is 3.38. The monoisotopic (exact) mass is 242 g/mol. The lowest BCUT2D eigenvalue weighted by molar-refractivity contribution is 0.519. The van der Waals surface area contributed by atoms with E-state index in [1.165, 1.54) is 0 Å². The molecule has 0 radical (unpaired) electrons. The lowest BCUT2D eigenvalue weighted by Crippen LogP contribution is -2.14. The van der Waals surface area contributed by atoms with Crippen molar-refractivity contribution in [1.82, 2.24) is 4.98 Å². The molecule has 0 aliphatic heterocycles. The second-order valence-electron chi connectivity index (χ2n) is 4.70. The molecule has 0 saturated heterocycles. The summed E-state index contributed by atoms with van der Waals surface area (Å²) in [6.07, 6.45) is 0. The third-order valence-corrected chi connectivity index (χ3v) is 3.23.